The van der Waals surface area contributed by atoms with Gasteiger partial charge >= 0.3 is 5.97 Å². The molecule has 21 heavy (non-hydrogen) atoms. The Hall–Kier alpha value is -1.38. The van der Waals surface area contributed by atoms with E-state index in [0.717, 1.165) is 31.7 Å². The maximum absolute atomic E-state index is 12.5. The minimum Gasteiger partial charge on any atom is -0.475 e. The van der Waals surface area contributed by atoms with Gasteiger partial charge in [0.2, 0.25) is 10.9 Å². The first-order valence-electron chi connectivity index (χ1n) is 6.90. The zero-order valence-corrected chi connectivity index (χ0v) is 12.3. The Bertz CT molecular complexity index is 643. The van der Waals surface area contributed by atoms with Crippen molar-refractivity contribution in [2.24, 2.45) is 0 Å². The van der Waals surface area contributed by atoms with E-state index < -0.39 is 16.0 Å². The number of carboxylic acid groups (broad SMARTS) is 1. The Morgan fingerprint density at radius 1 is 1.29 bits per heavy atom. The molecule has 2 aliphatic rings. The molecule has 1 N–H and O–H groups in total. The third kappa shape index (κ3) is 2.58. The molecule has 2 heterocycles. The fraction of sp³-hybridized carbons (Fsp3) is 0.615. The lowest BCUT2D eigenvalue weighted by atomic mass is 10.0. The summed E-state index contributed by atoms with van der Waals surface area (Å²) in [7, 11) is -3.81. The van der Waals surface area contributed by atoms with Crippen LogP contribution in [-0.2, 0) is 14.8 Å². The van der Waals surface area contributed by atoms with Crippen molar-refractivity contribution in [3.63, 3.8) is 0 Å². The molecular weight excluding hydrogens is 298 g/mol. The van der Waals surface area contributed by atoms with Crippen LogP contribution in [0, 0.1) is 0 Å². The molecule has 2 fully saturated rings. The molecule has 0 bridgehead atoms. The maximum Gasteiger partial charge on any atom is 0.371 e. The number of aromatic carboxylic acids is 1. The predicted octanol–water partition coefficient (Wildman–Crippen LogP) is 1.31. The molecule has 0 aromatic carbocycles. The van der Waals surface area contributed by atoms with Gasteiger partial charge in [-0.1, -0.05) is 12.8 Å². The number of ether oxygens (including phenoxy) is 1. The molecule has 1 saturated heterocycles. The molecule has 3 rings (SSSR count). The van der Waals surface area contributed by atoms with Crippen LogP contribution in [0.2, 0.25) is 0 Å². The van der Waals surface area contributed by atoms with Gasteiger partial charge in [0.05, 0.1) is 12.2 Å². The monoisotopic (exact) mass is 315 g/mol. The topological polar surface area (TPSA) is 97.0 Å². The number of sulfonamides is 1. The molecule has 8 heteroatoms. The smallest absolute Gasteiger partial charge is 0.371 e. The molecule has 0 unspecified atom stereocenters. The number of hydrogen-bond acceptors (Lipinski definition) is 5. The van der Waals surface area contributed by atoms with Crippen LogP contribution >= 0.6 is 0 Å². The minimum absolute atomic E-state index is 0.257. The highest BCUT2D eigenvalue weighted by Crippen LogP contribution is 2.37. The van der Waals surface area contributed by atoms with Crippen LogP contribution in [0.25, 0.3) is 0 Å². The normalized spacial score (nSPS) is 22.7. The number of carbonyl (C=O) groups is 1. The van der Waals surface area contributed by atoms with Crippen molar-refractivity contribution in [3.05, 3.63) is 17.9 Å². The number of rotatable bonds is 3. The average Bonchev–Trinajstić information content (AvgIpc) is 3.09. The Kier molecular flexibility index (Phi) is 3.54. The first-order valence-corrected chi connectivity index (χ1v) is 8.34. The van der Waals surface area contributed by atoms with Gasteiger partial charge in [-0.3, -0.25) is 0 Å². The molecule has 0 amide bonds. The fourth-order valence-electron chi connectivity index (χ4n) is 3.04. The summed E-state index contributed by atoms with van der Waals surface area (Å²) in [6.45, 7) is 0.914. The number of nitrogens with zero attached hydrogens (tertiary/aromatic N) is 1. The van der Waals surface area contributed by atoms with E-state index in [2.05, 4.69) is 0 Å². The second kappa shape index (κ2) is 5.11. The fourth-order valence-corrected chi connectivity index (χ4v) is 4.45. The first kappa shape index (κ1) is 14.6. The predicted molar refractivity (Wildman–Crippen MR) is 71.6 cm³/mol. The molecule has 1 aliphatic carbocycles. The molecular formula is C13H17NO6S. The van der Waals surface area contributed by atoms with Crippen molar-refractivity contribution < 1.29 is 27.5 Å². The summed E-state index contributed by atoms with van der Waals surface area (Å²) < 4.78 is 37.2. The molecule has 0 atom stereocenters. The van der Waals surface area contributed by atoms with Gasteiger partial charge in [-0.15, -0.1) is 0 Å². The Morgan fingerprint density at radius 2 is 2.00 bits per heavy atom. The SMILES string of the molecule is O=C(O)c1ccc(S(=O)(=O)N2CCOC3(CCCC3)C2)o1. The van der Waals surface area contributed by atoms with Crippen molar-refractivity contribution in [1.29, 1.82) is 0 Å². The van der Waals surface area contributed by atoms with Gasteiger partial charge in [-0.05, 0) is 25.0 Å². The minimum atomic E-state index is -3.81. The molecule has 1 spiro atoms. The highest BCUT2D eigenvalue weighted by Gasteiger charge is 2.43. The summed E-state index contributed by atoms with van der Waals surface area (Å²) in [6, 6.07) is 2.34. The van der Waals surface area contributed by atoms with E-state index in [4.69, 9.17) is 14.3 Å². The van der Waals surface area contributed by atoms with Crippen LogP contribution in [0.5, 0.6) is 0 Å². The molecule has 1 aliphatic heterocycles. The van der Waals surface area contributed by atoms with Crippen LogP contribution in [-0.4, -0.2) is 49.1 Å². The van der Waals surface area contributed by atoms with Crippen molar-refractivity contribution in [1.82, 2.24) is 4.31 Å². The van der Waals surface area contributed by atoms with Gasteiger partial charge in [-0.2, -0.15) is 4.31 Å². The van der Waals surface area contributed by atoms with Crippen molar-refractivity contribution >= 4 is 16.0 Å². The number of hydrogen-bond donors (Lipinski definition) is 1. The summed E-state index contributed by atoms with van der Waals surface area (Å²) in [6.07, 6.45) is 3.80. The summed E-state index contributed by atoms with van der Waals surface area (Å²) in [5.41, 5.74) is -0.381. The lowest BCUT2D eigenvalue weighted by Gasteiger charge is -2.39. The second-order valence-corrected chi connectivity index (χ2v) is 7.37. The number of morpholine rings is 1. The van der Waals surface area contributed by atoms with Gasteiger partial charge in [0.15, 0.2) is 0 Å². The van der Waals surface area contributed by atoms with Crippen LogP contribution in [0.15, 0.2) is 21.6 Å². The third-order valence-corrected chi connectivity index (χ3v) is 5.83. The number of furan rings is 1. The first-order chi connectivity index (χ1) is 9.93. The van der Waals surface area contributed by atoms with E-state index in [-0.39, 0.29) is 23.0 Å². The Balaban J connectivity index is 1.85. The lowest BCUT2D eigenvalue weighted by Crippen LogP contribution is -2.52. The summed E-state index contributed by atoms with van der Waals surface area (Å²) in [4.78, 5) is 10.8. The largest absolute Gasteiger partial charge is 0.475 e. The van der Waals surface area contributed by atoms with E-state index in [1.165, 1.54) is 10.4 Å². The van der Waals surface area contributed by atoms with Crippen LogP contribution in [0.3, 0.4) is 0 Å². The van der Waals surface area contributed by atoms with Gasteiger partial charge in [0.1, 0.15) is 0 Å². The second-order valence-electron chi connectivity index (χ2n) is 5.50. The van der Waals surface area contributed by atoms with Gasteiger partial charge in [0, 0.05) is 13.1 Å². The maximum atomic E-state index is 12.5. The third-order valence-electron chi connectivity index (χ3n) is 4.11. The van der Waals surface area contributed by atoms with E-state index in [1.54, 1.807) is 0 Å². The van der Waals surface area contributed by atoms with E-state index in [0.29, 0.717) is 13.2 Å². The van der Waals surface area contributed by atoms with Crippen LogP contribution < -0.4 is 0 Å². The Labute approximate surface area is 122 Å². The highest BCUT2D eigenvalue weighted by molar-refractivity contribution is 7.89. The zero-order chi connectivity index (χ0) is 15.1. The molecule has 1 aromatic rings. The molecule has 1 aromatic heterocycles. The van der Waals surface area contributed by atoms with E-state index in [1.807, 2.05) is 0 Å². The molecule has 1 saturated carbocycles. The van der Waals surface area contributed by atoms with E-state index >= 15 is 0 Å². The van der Waals surface area contributed by atoms with Crippen molar-refractivity contribution in [3.8, 4) is 0 Å². The Morgan fingerprint density at radius 3 is 2.62 bits per heavy atom. The summed E-state index contributed by atoms with van der Waals surface area (Å²) in [5, 5.41) is 8.50. The van der Waals surface area contributed by atoms with Gasteiger partial charge in [0.25, 0.3) is 10.0 Å². The molecule has 0 radical (unpaired) electrons. The molecule has 116 valence electrons. The quantitative estimate of drug-likeness (QED) is 0.903. The van der Waals surface area contributed by atoms with Crippen LogP contribution in [0.4, 0.5) is 0 Å². The average molecular weight is 315 g/mol. The van der Waals surface area contributed by atoms with Gasteiger partial charge < -0.3 is 14.3 Å². The van der Waals surface area contributed by atoms with E-state index in [9.17, 15) is 13.2 Å². The number of carboxylic acids is 1. The van der Waals surface area contributed by atoms with Crippen molar-refractivity contribution in [2.45, 2.75) is 36.4 Å². The van der Waals surface area contributed by atoms with Gasteiger partial charge in [-0.25, -0.2) is 13.2 Å². The van der Waals surface area contributed by atoms with Crippen molar-refractivity contribution in [2.75, 3.05) is 19.7 Å². The zero-order valence-electron chi connectivity index (χ0n) is 11.4. The molecule has 7 nitrogen and oxygen atoms in total. The summed E-state index contributed by atoms with van der Waals surface area (Å²) >= 11 is 0. The summed E-state index contributed by atoms with van der Waals surface area (Å²) in [5.74, 6) is -1.66. The van der Waals surface area contributed by atoms with Crippen LogP contribution in [0.1, 0.15) is 36.2 Å². The standard InChI is InChI=1S/C13H17NO6S/c15-12(16)10-3-4-11(20-10)21(17,18)14-7-8-19-13(9-14)5-1-2-6-13/h3-4H,1-2,5-9H2,(H,15,16). The highest BCUT2D eigenvalue weighted by atomic mass is 32.2. The lowest BCUT2D eigenvalue weighted by molar-refractivity contribution is -0.0844.